The molecular formula is C15H20N2O. The number of amides is 1. The van der Waals surface area contributed by atoms with Gasteiger partial charge in [0.25, 0.3) is 5.91 Å². The Morgan fingerprint density at radius 1 is 1.28 bits per heavy atom. The van der Waals surface area contributed by atoms with Crippen LogP contribution in [0.3, 0.4) is 0 Å². The second-order valence-corrected chi connectivity index (χ2v) is 4.55. The quantitative estimate of drug-likeness (QED) is 0.689. The fraction of sp³-hybridized carbons (Fsp3) is 0.467. The first-order chi connectivity index (χ1) is 8.77. The molecule has 0 aliphatic carbocycles. The van der Waals surface area contributed by atoms with Gasteiger partial charge in [-0.15, -0.1) is 0 Å². The number of carbonyl (C=O) groups excluding carboxylic acids is 1. The fourth-order valence-electron chi connectivity index (χ4n) is 2.51. The second kappa shape index (κ2) is 5.34. The molecule has 2 heterocycles. The maximum atomic E-state index is 12.3. The predicted molar refractivity (Wildman–Crippen MR) is 74.5 cm³/mol. The molecule has 1 amide bonds. The zero-order valence-corrected chi connectivity index (χ0v) is 11.3. The topological polar surface area (TPSA) is 32.7 Å². The molecule has 1 saturated heterocycles. The predicted octanol–water partition coefficient (Wildman–Crippen LogP) is 3.28. The lowest BCUT2D eigenvalue weighted by atomic mass is 10.0. The van der Waals surface area contributed by atoms with E-state index in [1.165, 1.54) is 0 Å². The molecule has 0 radical (unpaired) electrons. The van der Waals surface area contributed by atoms with Crippen LogP contribution in [-0.2, 0) is 0 Å². The highest BCUT2D eigenvalue weighted by Crippen LogP contribution is 2.30. The third-order valence-electron chi connectivity index (χ3n) is 3.53. The monoisotopic (exact) mass is 244 g/mol. The molecule has 1 unspecified atom stereocenters. The molecule has 2 aliphatic rings. The van der Waals surface area contributed by atoms with Crippen LogP contribution in [0.1, 0.15) is 37.6 Å². The molecule has 2 aliphatic heterocycles. The Kier molecular flexibility index (Phi) is 3.80. The Morgan fingerprint density at radius 3 is 2.78 bits per heavy atom. The lowest BCUT2D eigenvalue weighted by Gasteiger charge is -2.21. The van der Waals surface area contributed by atoms with Gasteiger partial charge in [-0.25, -0.2) is 0 Å². The number of carbonyl (C=O) groups is 1. The fourth-order valence-corrected chi connectivity index (χ4v) is 2.51. The molecule has 1 aromatic rings. The molecular weight excluding hydrogens is 224 g/mol. The third kappa shape index (κ3) is 2.05. The molecule has 3 rings (SSSR count). The molecule has 1 aromatic carbocycles. The van der Waals surface area contributed by atoms with E-state index in [9.17, 15) is 4.79 Å². The Bertz CT molecular complexity index is 467. The molecule has 3 heteroatoms. The number of hydrogen-bond donors (Lipinski definition) is 0. The van der Waals surface area contributed by atoms with Crippen molar-refractivity contribution in [2.75, 3.05) is 6.54 Å². The number of nitrogens with zero attached hydrogens (tertiary/aromatic N) is 2. The summed E-state index contributed by atoms with van der Waals surface area (Å²) in [6, 6.07) is 7.76. The van der Waals surface area contributed by atoms with Crippen LogP contribution in [0.15, 0.2) is 29.3 Å². The van der Waals surface area contributed by atoms with Gasteiger partial charge in [-0.3, -0.25) is 9.79 Å². The summed E-state index contributed by atoms with van der Waals surface area (Å²) in [4.78, 5) is 18.7. The van der Waals surface area contributed by atoms with Crippen LogP contribution in [0.5, 0.6) is 0 Å². The number of rotatable bonds is 0. The van der Waals surface area contributed by atoms with Crippen LogP contribution in [0.2, 0.25) is 0 Å². The van der Waals surface area contributed by atoms with Crippen molar-refractivity contribution in [2.45, 2.75) is 33.2 Å². The normalized spacial score (nSPS) is 24.8. The SMILES string of the molecule is CC.CC1CCN2C(=O)c3ccccc3N=C[C@H]12. The second-order valence-electron chi connectivity index (χ2n) is 4.55. The summed E-state index contributed by atoms with van der Waals surface area (Å²) in [5.41, 5.74) is 1.53. The molecule has 0 saturated carbocycles. The summed E-state index contributed by atoms with van der Waals surface area (Å²) in [5.74, 6) is 0.643. The largest absolute Gasteiger partial charge is 0.330 e. The first-order valence-electron chi connectivity index (χ1n) is 6.71. The van der Waals surface area contributed by atoms with Crippen molar-refractivity contribution < 1.29 is 4.79 Å². The minimum atomic E-state index is 0.127. The number of hydrogen-bond acceptors (Lipinski definition) is 2. The average Bonchev–Trinajstić information content (AvgIpc) is 2.72. The minimum absolute atomic E-state index is 0.127. The van der Waals surface area contributed by atoms with E-state index in [4.69, 9.17) is 0 Å². The molecule has 2 atom stereocenters. The summed E-state index contributed by atoms with van der Waals surface area (Å²) < 4.78 is 0. The van der Waals surface area contributed by atoms with Gasteiger partial charge < -0.3 is 4.90 Å². The average molecular weight is 244 g/mol. The van der Waals surface area contributed by atoms with E-state index < -0.39 is 0 Å². The summed E-state index contributed by atoms with van der Waals surface area (Å²) in [6.07, 6.45) is 3.01. The van der Waals surface area contributed by atoms with E-state index in [0.29, 0.717) is 5.92 Å². The van der Waals surface area contributed by atoms with Crippen molar-refractivity contribution in [3.05, 3.63) is 29.8 Å². The van der Waals surface area contributed by atoms with Gasteiger partial charge in [0.15, 0.2) is 0 Å². The van der Waals surface area contributed by atoms with Gasteiger partial charge in [-0.05, 0) is 24.5 Å². The molecule has 18 heavy (non-hydrogen) atoms. The van der Waals surface area contributed by atoms with Crippen molar-refractivity contribution in [1.82, 2.24) is 4.90 Å². The number of aliphatic imine (C=N–C) groups is 1. The van der Waals surface area contributed by atoms with Crippen LogP contribution in [-0.4, -0.2) is 29.6 Å². The Morgan fingerprint density at radius 2 is 2.00 bits per heavy atom. The minimum Gasteiger partial charge on any atom is -0.330 e. The number of benzene rings is 1. The third-order valence-corrected chi connectivity index (χ3v) is 3.53. The van der Waals surface area contributed by atoms with Gasteiger partial charge in [0, 0.05) is 12.8 Å². The van der Waals surface area contributed by atoms with Crippen molar-refractivity contribution in [3.8, 4) is 0 Å². The van der Waals surface area contributed by atoms with Crippen LogP contribution in [0.4, 0.5) is 5.69 Å². The Labute approximate surface area is 109 Å². The first-order valence-corrected chi connectivity index (χ1v) is 6.71. The van der Waals surface area contributed by atoms with E-state index >= 15 is 0 Å². The molecule has 96 valence electrons. The highest BCUT2D eigenvalue weighted by atomic mass is 16.2. The van der Waals surface area contributed by atoms with Crippen LogP contribution in [0.25, 0.3) is 0 Å². The zero-order chi connectivity index (χ0) is 13.1. The zero-order valence-electron chi connectivity index (χ0n) is 11.3. The first kappa shape index (κ1) is 12.8. The highest BCUT2D eigenvalue weighted by molar-refractivity contribution is 6.02. The van der Waals surface area contributed by atoms with Crippen LogP contribution >= 0.6 is 0 Å². The van der Waals surface area contributed by atoms with Gasteiger partial charge in [0.1, 0.15) is 0 Å². The van der Waals surface area contributed by atoms with Gasteiger partial charge in [-0.2, -0.15) is 0 Å². The van der Waals surface area contributed by atoms with Gasteiger partial charge in [0.2, 0.25) is 0 Å². The van der Waals surface area contributed by atoms with E-state index in [0.717, 1.165) is 24.2 Å². The van der Waals surface area contributed by atoms with E-state index in [-0.39, 0.29) is 11.9 Å². The summed E-state index contributed by atoms with van der Waals surface area (Å²) in [7, 11) is 0. The van der Waals surface area contributed by atoms with Crippen LogP contribution in [0, 0.1) is 5.92 Å². The standard InChI is InChI=1S/C13H14N2O.C2H6/c1-9-6-7-15-12(9)8-14-11-5-3-2-4-10(11)13(15)16;1-2/h2-5,8-9,12H,6-7H2,1H3;1-2H3/t9?,12-;/m1./s1. The summed E-state index contributed by atoms with van der Waals surface area (Å²) in [5, 5.41) is 0. The van der Waals surface area contributed by atoms with Crippen LogP contribution < -0.4 is 0 Å². The van der Waals surface area contributed by atoms with Gasteiger partial charge in [-0.1, -0.05) is 32.9 Å². The summed E-state index contributed by atoms with van der Waals surface area (Å²) >= 11 is 0. The Hall–Kier alpha value is -1.64. The molecule has 0 aromatic heterocycles. The highest BCUT2D eigenvalue weighted by Gasteiger charge is 2.35. The number of fused-ring (bicyclic) bond motifs is 2. The van der Waals surface area contributed by atoms with E-state index in [2.05, 4.69) is 11.9 Å². The van der Waals surface area contributed by atoms with E-state index in [1.807, 2.05) is 49.2 Å². The Balaban J connectivity index is 0.000000574. The van der Waals surface area contributed by atoms with Crippen molar-refractivity contribution in [2.24, 2.45) is 10.9 Å². The van der Waals surface area contributed by atoms with Crippen molar-refractivity contribution in [1.29, 1.82) is 0 Å². The smallest absolute Gasteiger partial charge is 0.256 e. The maximum absolute atomic E-state index is 12.3. The molecule has 0 spiro atoms. The van der Waals surface area contributed by atoms with Crippen molar-refractivity contribution in [3.63, 3.8) is 0 Å². The molecule has 0 N–H and O–H groups in total. The lowest BCUT2D eigenvalue weighted by molar-refractivity contribution is 0.0767. The van der Waals surface area contributed by atoms with Gasteiger partial charge in [0.05, 0.1) is 17.3 Å². The molecule has 3 nitrogen and oxygen atoms in total. The number of para-hydroxylation sites is 1. The molecule has 0 bridgehead atoms. The molecule has 1 fully saturated rings. The van der Waals surface area contributed by atoms with E-state index in [1.54, 1.807) is 0 Å². The van der Waals surface area contributed by atoms with Gasteiger partial charge >= 0.3 is 0 Å². The lowest BCUT2D eigenvalue weighted by Crippen LogP contribution is -2.37. The van der Waals surface area contributed by atoms with Crippen molar-refractivity contribution >= 4 is 17.8 Å². The summed E-state index contributed by atoms with van der Waals surface area (Å²) in [6.45, 7) is 7.03. The maximum Gasteiger partial charge on any atom is 0.256 e.